The van der Waals surface area contributed by atoms with Crippen molar-refractivity contribution < 1.29 is 0 Å². The fourth-order valence-electron chi connectivity index (χ4n) is 4.30. The minimum Gasteiger partial charge on any atom is -0.142 e. The van der Waals surface area contributed by atoms with Crippen molar-refractivity contribution in [3.63, 3.8) is 0 Å². The number of fused-ring (bicyclic) bond motifs is 1. The quantitative estimate of drug-likeness (QED) is 0.254. The molecule has 0 saturated heterocycles. The maximum absolute atomic E-state index is 2.32. The van der Waals surface area contributed by atoms with Crippen LogP contribution in [0.2, 0.25) is 0 Å². The van der Waals surface area contributed by atoms with E-state index in [0.29, 0.717) is 0 Å². The van der Waals surface area contributed by atoms with Crippen LogP contribution in [0, 0.1) is 0 Å². The van der Waals surface area contributed by atoms with Gasteiger partial charge in [0.25, 0.3) is 0 Å². The van der Waals surface area contributed by atoms with Gasteiger partial charge in [0.15, 0.2) is 0 Å². The Bertz CT molecular complexity index is 1430. The Morgan fingerprint density at radius 1 is 0.406 bits per heavy atom. The molecule has 4 aromatic carbocycles. The number of benzene rings is 4. The molecular weight excluding hydrogens is 424 g/mol. The summed E-state index contributed by atoms with van der Waals surface area (Å²) in [6, 6.07) is 41.1. The molecule has 0 aliphatic heterocycles. The van der Waals surface area contributed by atoms with Crippen LogP contribution in [0.5, 0.6) is 0 Å². The van der Waals surface area contributed by atoms with Gasteiger partial charge in [-0.2, -0.15) is 0 Å². The van der Waals surface area contributed by atoms with Crippen LogP contribution in [0.1, 0.15) is 0 Å². The smallest absolute Gasteiger partial charge is 0.0448 e. The molecule has 2 heteroatoms. The Labute approximate surface area is 196 Å². The maximum atomic E-state index is 2.32. The third-order valence-electron chi connectivity index (χ3n) is 5.80. The normalized spacial score (nSPS) is 11.1. The van der Waals surface area contributed by atoms with Gasteiger partial charge in [-0.15, -0.1) is 22.7 Å². The standard InChI is InChI=1S/C30H20S2/c1-4-12-21(13-5-1)26-20-31-29(23-16-8-3-9-17-23)27(26)30-25-19-11-10-18-24(25)28(32-30)22-14-6-2-7-15-22/h1-20H. The number of hydrogen-bond donors (Lipinski definition) is 0. The third kappa shape index (κ3) is 3.29. The van der Waals surface area contributed by atoms with Crippen LogP contribution in [-0.4, -0.2) is 0 Å². The van der Waals surface area contributed by atoms with Gasteiger partial charge in [-0.1, -0.05) is 115 Å². The Balaban J connectivity index is 1.68. The molecule has 0 amide bonds. The Kier molecular flexibility index (Phi) is 4.95. The lowest BCUT2D eigenvalue weighted by Crippen LogP contribution is -1.82. The molecule has 0 unspecified atom stereocenters. The van der Waals surface area contributed by atoms with Gasteiger partial charge in [-0.05, 0) is 22.1 Å². The molecule has 0 fully saturated rings. The van der Waals surface area contributed by atoms with Gasteiger partial charge in [0.1, 0.15) is 0 Å². The number of thiophene rings is 2. The molecule has 0 aliphatic carbocycles. The van der Waals surface area contributed by atoms with Crippen molar-refractivity contribution in [2.75, 3.05) is 0 Å². The summed E-state index contributed by atoms with van der Waals surface area (Å²) in [6.45, 7) is 0. The second kappa shape index (κ2) is 8.23. The highest BCUT2D eigenvalue weighted by molar-refractivity contribution is 7.22. The summed E-state index contributed by atoms with van der Waals surface area (Å²) in [5.41, 5.74) is 6.46. The van der Waals surface area contributed by atoms with E-state index in [0.717, 1.165) is 0 Å². The molecule has 0 N–H and O–H groups in total. The molecule has 6 rings (SSSR count). The van der Waals surface area contributed by atoms with E-state index in [1.165, 1.54) is 53.2 Å². The first-order valence-electron chi connectivity index (χ1n) is 10.7. The Morgan fingerprint density at radius 3 is 1.47 bits per heavy atom. The van der Waals surface area contributed by atoms with Crippen LogP contribution in [-0.2, 0) is 0 Å². The molecule has 0 aliphatic rings. The summed E-state index contributed by atoms with van der Waals surface area (Å²) in [5, 5.41) is 4.97. The van der Waals surface area contributed by atoms with Crippen LogP contribution in [0.3, 0.4) is 0 Å². The lowest BCUT2D eigenvalue weighted by molar-refractivity contribution is 1.66. The van der Waals surface area contributed by atoms with Crippen molar-refractivity contribution in [2.24, 2.45) is 0 Å². The van der Waals surface area contributed by atoms with E-state index in [4.69, 9.17) is 0 Å². The predicted molar refractivity (Wildman–Crippen MR) is 141 cm³/mol. The predicted octanol–water partition coefficient (Wildman–Crippen LogP) is 9.63. The topological polar surface area (TPSA) is 0 Å². The van der Waals surface area contributed by atoms with Crippen LogP contribution in [0.4, 0.5) is 0 Å². The van der Waals surface area contributed by atoms with Crippen LogP contribution in [0.25, 0.3) is 53.2 Å². The summed E-state index contributed by atoms with van der Waals surface area (Å²) >= 11 is 3.75. The minimum atomic E-state index is 1.26. The third-order valence-corrected chi connectivity index (χ3v) is 8.11. The Morgan fingerprint density at radius 2 is 0.875 bits per heavy atom. The van der Waals surface area contributed by atoms with Crippen LogP contribution in [0.15, 0.2) is 121 Å². The average molecular weight is 445 g/mol. The zero-order chi connectivity index (χ0) is 21.3. The molecular formula is C30H20S2. The maximum Gasteiger partial charge on any atom is 0.0448 e. The van der Waals surface area contributed by atoms with Gasteiger partial charge >= 0.3 is 0 Å². The van der Waals surface area contributed by atoms with E-state index in [-0.39, 0.29) is 0 Å². The second-order valence-corrected chi connectivity index (χ2v) is 9.66. The largest absolute Gasteiger partial charge is 0.142 e. The highest BCUT2D eigenvalue weighted by atomic mass is 32.1. The van der Waals surface area contributed by atoms with E-state index < -0.39 is 0 Å². The van der Waals surface area contributed by atoms with E-state index in [2.05, 4.69) is 121 Å². The van der Waals surface area contributed by atoms with E-state index in [1.807, 2.05) is 22.7 Å². The molecule has 152 valence electrons. The average Bonchev–Trinajstić information content (AvgIpc) is 3.48. The lowest BCUT2D eigenvalue weighted by atomic mass is 9.97. The second-order valence-electron chi connectivity index (χ2n) is 7.76. The van der Waals surface area contributed by atoms with Crippen molar-refractivity contribution in [3.8, 4) is 42.4 Å². The van der Waals surface area contributed by atoms with Crippen molar-refractivity contribution in [3.05, 3.63) is 121 Å². The SMILES string of the molecule is c1ccc(-c2csc(-c3ccccc3)c2-c2sc(-c3ccccc3)c3ccccc23)cc1. The van der Waals surface area contributed by atoms with Gasteiger partial charge in [-0.25, -0.2) is 0 Å². The zero-order valence-corrected chi connectivity index (χ0v) is 19.0. The summed E-state index contributed by atoms with van der Waals surface area (Å²) < 4.78 is 0. The number of rotatable bonds is 4. The van der Waals surface area contributed by atoms with E-state index in [9.17, 15) is 0 Å². The minimum absolute atomic E-state index is 1.26. The molecule has 0 saturated carbocycles. The highest BCUT2D eigenvalue weighted by Crippen LogP contribution is 2.52. The van der Waals surface area contributed by atoms with Crippen molar-refractivity contribution in [2.45, 2.75) is 0 Å². The van der Waals surface area contributed by atoms with E-state index >= 15 is 0 Å². The molecule has 2 heterocycles. The first-order valence-corrected chi connectivity index (χ1v) is 12.4. The van der Waals surface area contributed by atoms with Gasteiger partial charge < -0.3 is 0 Å². The molecule has 0 spiro atoms. The molecule has 6 aromatic rings. The van der Waals surface area contributed by atoms with Crippen LogP contribution >= 0.6 is 22.7 Å². The first-order chi connectivity index (χ1) is 15.9. The fourth-order valence-corrected chi connectivity index (χ4v) is 6.80. The summed E-state index contributed by atoms with van der Waals surface area (Å²) in [4.78, 5) is 4.01. The van der Waals surface area contributed by atoms with Gasteiger partial charge in [-0.3, -0.25) is 0 Å². The summed E-state index contributed by atoms with van der Waals surface area (Å²) in [5.74, 6) is 0. The van der Waals surface area contributed by atoms with Crippen molar-refractivity contribution in [1.82, 2.24) is 0 Å². The molecule has 0 radical (unpaired) electrons. The summed E-state index contributed by atoms with van der Waals surface area (Å²) in [6.07, 6.45) is 0. The summed E-state index contributed by atoms with van der Waals surface area (Å²) in [7, 11) is 0. The van der Waals surface area contributed by atoms with E-state index in [1.54, 1.807) is 0 Å². The van der Waals surface area contributed by atoms with Crippen molar-refractivity contribution in [1.29, 1.82) is 0 Å². The molecule has 0 atom stereocenters. The Hall–Kier alpha value is -3.46. The fraction of sp³-hybridized carbons (Fsp3) is 0. The monoisotopic (exact) mass is 444 g/mol. The zero-order valence-electron chi connectivity index (χ0n) is 17.4. The molecule has 32 heavy (non-hydrogen) atoms. The van der Waals surface area contributed by atoms with Gasteiger partial charge in [0.2, 0.25) is 0 Å². The molecule has 0 nitrogen and oxygen atoms in total. The lowest BCUT2D eigenvalue weighted by Gasteiger charge is -2.08. The highest BCUT2D eigenvalue weighted by Gasteiger charge is 2.22. The van der Waals surface area contributed by atoms with Crippen LogP contribution < -0.4 is 0 Å². The first kappa shape index (κ1) is 19.2. The molecule has 0 bridgehead atoms. The van der Waals surface area contributed by atoms with Crippen molar-refractivity contribution >= 4 is 33.4 Å². The van der Waals surface area contributed by atoms with Gasteiger partial charge in [0.05, 0.1) is 0 Å². The van der Waals surface area contributed by atoms with Gasteiger partial charge in [0, 0.05) is 36.5 Å². The molecule has 2 aromatic heterocycles. The number of hydrogen-bond acceptors (Lipinski definition) is 2.